The number of nitrogens with zero attached hydrogens (tertiary/aromatic N) is 2. The molecule has 2 saturated carbocycles. The molecule has 80 valence electrons. The number of nitrogens with two attached hydrogens (primary N) is 1. The van der Waals surface area contributed by atoms with Gasteiger partial charge in [0.2, 0.25) is 0 Å². The second-order valence-corrected chi connectivity index (χ2v) is 4.75. The summed E-state index contributed by atoms with van der Waals surface area (Å²) in [6.07, 6.45) is 7.87. The van der Waals surface area contributed by atoms with Crippen molar-refractivity contribution in [3.05, 3.63) is 0 Å². The molecule has 0 bridgehead atoms. The Balaban J connectivity index is 1.81. The zero-order valence-electron chi connectivity index (χ0n) is 9.08. The average Bonchev–Trinajstić information content (AvgIpc) is 2.81. The van der Waals surface area contributed by atoms with Gasteiger partial charge in [-0.2, -0.15) is 0 Å². The zero-order valence-corrected chi connectivity index (χ0v) is 9.08. The summed E-state index contributed by atoms with van der Waals surface area (Å²) in [6, 6.07) is 0.511. The van der Waals surface area contributed by atoms with Crippen LogP contribution in [0.3, 0.4) is 0 Å². The van der Waals surface area contributed by atoms with E-state index in [0.29, 0.717) is 6.04 Å². The second-order valence-electron chi connectivity index (χ2n) is 4.75. The quantitative estimate of drug-likeness (QED) is 0.549. The van der Waals surface area contributed by atoms with E-state index >= 15 is 0 Å². The summed E-state index contributed by atoms with van der Waals surface area (Å²) in [5, 5.41) is 0. The summed E-state index contributed by atoms with van der Waals surface area (Å²) in [4.78, 5) is 6.70. The van der Waals surface area contributed by atoms with E-state index < -0.39 is 0 Å². The lowest BCUT2D eigenvalue weighted by Gasteiger charge is -2.18. The highest BCUT2D eigenvalue weighted by Crippen LogP contribution is 2.29. The monoisotopic (exact) mass is 195 g/mol. The van der Waals surface area contributed by atoms with Crippen LogP contribution in [0.15, 0.2) is 4.99 Å². The lowest BCUT2D eigenvalue weighted by molar-refractivity contribution is 0.464. The van der Waals surface area contributed by atoms with Gasteiger partial charge in [0.05, 0.1) is 6.04 Å². The molecule has 0 heterocycles. The van der Waals surface area contributed by atoms with Gasteiger partial charge < -0.3 is 10.6 Å². The van der Waals surface area contributed by atoms with Crippen LogP contribution in [-0.2, 0) is 0 Å². The van der Waals surface area contributed by atoms with Gasteiger partial charge >= 0.3 is 0 Å². The molecule has 0 aromatic carbocycles. The van der Waals surface area contributed by atoms with Crippen molar-refractivity contribution in [2.75, 3.05) is 13.6 Å². The summed E-state index contributed by atoms with van der Waals surface area (Å²) >= 11 is 0. The number of hydrogen-bond donors (Lipinski definition) is 1. The molecular weight excluding hydrogens is 174 g/mol. The minimum absolute atomic E-state index is 0.511. The summed E-state index contributed by atoms with van der Waals surface area (Å²) in [5.41, 5.74) is 5.95. The van der Waals surface area contributed by atoms with Gasteiger partial charge in [-0.3, -0.25) is 0 Å². The maximum absolute atomic E-state index is 5.95. The van der Waals surface area contributed by atoms with Crippen molar-refractivity contribution >= 4 is 5.96 Å². The Kier molecular flexibility index (Phi) is 2.94. The number of aliphatic imine (C=N–C) groups is 1. The van der Waals surface area contributed by atoms with E-state index in [1.807, 2.05) is 0 Å². The van der Waals surface area contributed by atoms with Crippen molar-refractivity contribution in [1.29, 1.82) is 0 Å². The molecule has 0 aliphatic heterocycles. The molecule has 3 heteroatoms. The van der Waals surface area contributed by atoms with Crippen LogP contribution in [0.4, 0.5) is 0 Å². The highest BCUT2D eigenvalue weighted by molar-refractivity contribution is 5.78. The van der Waals surface area contributed by atoms with Gasteiger partial charge in [0, 0.05) is 13.6 Å². The van der Waals surface area contributed by atoms with E-state index in [-0.39, 0.29) is 0 Å². The SMILES string of the molecule is CN(CC1CC1)C(N)=NC1CCCC1. The normalized spacial score (nSPS) is 24.2. The lowest BCUT2D eigenvalue weighted by Crippen LogP contribution is -2.36. The maximum Gasteiger partial charge on any atom is 0.191 e. The van der Waals surface area contributed by atoms with Gasteiger partial charge in [-0.25, -0.2) is 4.99 Å². The van der Waals surface area contributed by atoms with Crippen LogP contribution in [0, 0.1) is 5.92 Å². The Morgan fingerprint density at radius 3 is 2.50 bits per heavy atom. The fraction of sp³-hybridized carbons (Fsp3) is 0.909. The van der Waals surface area contributed by atoms with Crippen LogP contribution in [0.1, 0.15) is 38.5 Å². The van der Waals surface area contributed by atoms with Crippen LogP contribution in [0.25, 0.3) is 0 Å². The number of guanidine groups is 1. The zero-order chi connectivity index (χ0) is 9.97. The highest BCUT2D eigenvalue weighted by atomic mass is 15.2. The summed E-state index contributed by atoms with van der Waals surface area (Å²) < 4.78 is 0. The van der Waals surface area contributed by atoms with Crippen LogP contribution in [0.5, 0.6) is 0 Å². The van der Waals surface area contributed by atoms with Crippen molar-refractivity contribution in [1.82, 2.24) is 4.90 Å². The van der Waals surface area contributed by atoms with E-state index in [1.165, 1.54) is 38.5 Å². The van der Waals surface area contributed by atoms with Crippen molar-refractivity contribution in [3.8, 4) is 0 Å². The van der Waals surface area contributed by atoms with E-state index in [2.05, 4.69) is 16.9 Å². The van der Waals surface area contributed by atoms with E-state index in [4.69, 9.17) is 5.73 Å². The Morgan fingerprint density at radius 1 is 1.29 bits per heavy atom. The molecule has 2 aliphatic carbocycles. The molecule has 14 heavy (non-hydrogen) atoms. The van der Waals surface area contributed by atoms with Crippen LogP contribution in [0.2, 0.25) is 0 Å². The van der Waals surface area contributed by atoms with Crippen molar-refractivity contribution in [2.45, 2.75) is 44.6 Å². The Labute approximate surface area is 86.4 Å². The Bertz CT molecular complexity index is 215. The minimum Gasteiger partial charge on any atom is -0.370 e. The third-order valence-corrected chi connectivity index (χ3v) is 3.26. The molecule has 0 unspecified atom stereocenters. The fourth-order valence-corrected chi connectivity index (χ4v) is 2.10. The summed E-state index contributed by atoms with van der Waals surface area (Å²) in [7, 11) is 2.06. The molecule has 3 nitrogen and oxygen atoms in total. The van der Waals surface area contributed by atoms with Gasteiger partial charge in [0.1, 0.15) is 0 Å². The standard InChI is InChI=1S/C11H21N3/c1-14(8-9-6-7-9)11(12)13-10-4-2-3-5-10/h9-10H,2-8H2,1H3,(H2,12,13). The molecule has 0 saturated heterocycles. The first-order valence-corrected chi connectivity index (χ1v) is 5.80. The second kappa shape index (κ2) is 4.20. The lowest BCUT2D eigenvalue weighted by atomic mass is 10.3. The van der Waals surface area contributed by atoms with Crippen molar-refractivity contribution in [2.24, 2.45) is 16.6 Å². The highest BCUT2D eigenvalue weighted by Gasteiger charge is 2.24. The molecule has 0 spiro atoms. The molecule has 0 atom stereocenters. The largest absolute Gasteiger partial charge is 0.370 e. The fourth-order valence-electron chi connectivity index (χ4n) is 2.10. The molecule has 0 amide bonds. The Hall–Kier alpha value is -0.730. The predicted octanol–water partition coefficient (Wildman–Crippen LogP) is 1.59. The first kappa shape index (κ1) is 9.81. The molecule has 0 aromatic heterocycles. The first-order valence-electron chi connectivity index (χ1n) is 5.80. The van der Waals surface area contributed by atoms with Crippen LogP contribution < -0.4 is 5.73 Å². The third-order valence-electron chi connectivity index (χ3n) is 3.26. The molecule has 2 aliphatic rings. The molecule has 2 fully saturated rings. The van der Waals surface area contributed by atoms with Gasteiger partial charge in [-0.1, -0.05) is 12.8 Å². The van der Waals surface area contributed by atoms with Crippen LogP contribution >= 0.6 is 0 Å². The van der Waals surface area contributed by atoms with Gasteiger partial charge in [-0.15, -0.1) is 0 Å². The smallest absolute Gasteiger partial charge is 0.191 e. The number of hydrogen-bond acceptors (Lipinski definition) is 1. The van der Waals surface area contributed by atoms with Gasteiger partial charge in [0.25, 0.3) is 0 Å². The molecule has 2 N–H and O–H groups in total. The van der Waals surface area contributed by atoms with Crippen LogP contribution in [-0.4, -0.2) is 30.5 Å². The maximum atomic E-state index is 5.95. The Morgan fingerprint density at radius 2 is 1.93 bits per heavy atom. The first-order chi connectivity index (χ1) is 6.75. The predicted molar refractivity (Wildman–Crippen MR) is 59.2 cm³/mol. The van der Waals surface area contributed by atoms with Gasteiger partial charge in [0.15, 0.2) is 5.96 Å². The molecule has 2 rings (SSSR count). The molecular formula is C11H21N3. The minimum atomic E-state index is 0.511. The van der Waals surface area contributed by atoms with E-state index in [1.54, 1.807) is 0 Å². The summed E-state index contributed by atoms with van der Waals surface area (Å²) in [5.74, 6) is 1.64. The average molecular weight is 195 g/mol. The van der Waals surface area contributed by atoms with Crippen molar-refractivity contribution < 1.29 is 0 Å². The topological polar surface area (TPSA) is 41.6 Å². The van der Waals surface area contributed by atoms with Crippen molar-refractivity contribution in [3.63, 3.8) is 0 Å². The van der Waals surface area contributed by atoms with E-state index in [9.17, 15) is 0 Å². The molecule has 0 radical (unpaired) electrons. The van der Waals surface area contributed by atoms with E-state index in [0.717, 1.165) is 18.4 Å². The van der Waals surface area contributed by atoms with Gasteiger partial charge in [-0.05, 0) is 31.6 Å². The third kappa shape index (κ3) is 2.63. The summed E-state index contributed by atoms with van der Waals surface area (Å²) in [6.45, 7) is 1.10. The number of rotatable bonds is 3. The molecule has 0 aromatic rings.